The Morgan fingerprint density at radius 3 is 2.95 bits per heavy atom. The molecule has 0 bridgehead atoms. The van der Waals surface area contributed by atoms with Crippen LogP contribution in [0, 0.1) is 5.92 Å². The second kappa shape index (κ2) is 7.46. The van der Waals surface area contributed by atoms with Crippen molar-refractivity contribution in [2.24, 2.45) is 5.92 Å². The number of aryl methyl sites for hydroxylation is 1. The number of hydrogen-bond acceptors (Lipinski definition) is 2. The number of rotatable bonds is 5. The highest BCUT2D eigenvalue weighted by Crippen LogP contribution is 2.29. The van der Waals surface area contributed by atoms with Crippen molar-refractivity contribution in [2.45, 2.75) is 51.7 Å². The molecule has 3 N–H and O–H groups in total. The number of nitrogens with one attached hydrogen (secondary N) is 2. The van der Waals surface area contributed by atoms with Crippen LogP contribution in [0.5, 0.6) is 0 Å². The molecule has 21 heavy (non-hydrogen) atoms. The van der Waals surface area contributed by atoms with Crippen molar-refractivity contribution in [3.8, 4) is 0 Å². The first-order valence-electron chi connectivity index (χ1n) is 7.92. The molecule has 0 radical (unpaired) electrons. The first-order valence-corrected chi connectivity index (χ1v) is 7.92. The van der Waals surface area contributed by atoms with E-state index in [0.717, 1.165) is 25.7 Å². The van der Waals surface area contributed by atoms with Crippen LogP contribution in [-0.2, 0) is 6.42 Å². The summed E-state index contributed by atoms with van der Waals surface area (Å²) in [5.74, 6) is 0.195. The molecule has 1 aliphatic rings. The fourth-order valence-electron chi connectivity index (χ4n) is 2.78. The fourth-order valence-corrected chi connectivity index (χ4v) is 2.78. The molecule has 3 atom stereocenters. The van der Waals surface area contributed by atoms with Crippen LogP contribution in [0.25, 0.3) is 0 Å². The molecular weight excluding hydrogens is 264 g/mol. The van der Waals surface area contributed by atoms with E-state index >= 15 is 0 Å². The second-order valence-corrected chi connectivity index (χ2v) is 5.95. The highest BCUT2D eigenvalue weighted by Gasteiger charge is 2.21. The van der Waals surface area contributed by atoms with Crippen molar-refractivity contribution in [1.82, 2.24) is 10.6 Å². The van der Waals surface area contributed by atoms with Crippen LogP contribution in [0.1, 0.15) is 50.3 Å². The number of carbonyl (C=O) groups is 1. The summed E-state index contributed by atoms with van der Waals surface area (Å²) in [5, 5.41) is 15.7. The summed E-state index contributed by atoms with van der Waals surface area (Å²) in [5.41, 5.74) is 2.55. The van der Waals surface area contributed by atoms with Crippen molar-refractivity contribution in [1.29, 1.82) is 0 Å². The third kappa shape index (κ3) is 4.21. The average Bonchev–Trinajstić information content (AvgIpc) is 2.52. The van der Waals surface area contributed by atoms with Crippen LogP contribution in [0.15, 0.2) is 24.3 Å². The van der Waals surface area contributed by atoms with E-state index in [2.05, 4.69) is 22.8 Å². The molecule has 0 saturated heterocycles. The number of carbonyl (C=O) groups excluding carboxylic acids is 1. The van der Waals surface area contributed by atoms with Gasteiger partial charge < -0.3 is 15.7 Å². The van der Waals surface area contributed by atoms with E-state index in [9.17, 15) is 9.90 Å². The van der Waals surface area contributed by atoms with Gasteiger partial charge in [-0.25, -0.2) is 4.79 Å². The molecule has 1 aromatic rings. The summed E-state index contributed by atoms with van der Waals surface area (Å²) >= 11 is 0. The van der Waals surface area contributed by atoms with Gasteiger partial charge in [0.05, 0.1) is 12.1 Å². The minimum Gasteiger partial charge on any atom is -0.391 e. The van der Waals surface area contributed by atoms with Gasteiger partial charge in [0.1, 0.15) is 0 Å². The summed E-state index contributed by atoms with van der Waals surface area (Å²) in [6.45, 7) is 4.32. The maximum absolute atomic E-state index is 12.0. The Hall–Kier alpha value is -1.55. The van der Waals surface area contributed by atoms with E-state index in [1.807, 2.05) is 26.0 Å². The normalized spacial score (nSPS) is 20.2. The lowest BCUT2D eigenvalue weighted by Gasteiger charge is -2.27. The lowest BCUT2D eigenvalue weighted by atomic mass is 9.88. The van der Waals surface area contributed by atoms with Gasteiger partial charge in [-0.2, -0.15) is 0 Å². The maximum atomic E-state index is 12.0. The number of benzene rings is 1. The molecule has 1 aliphatic carbocycles. The van der Waals surface area contributed by atoms with E-state index < -0.39 is 6.10 Å². The Morgan fingerprint density at radius 2 is 2.19 bits per heavy atom. The topological polar surface area (TPSA) is 61.4 Å². The van der Waals surface area contributed by atoms with Crippen molar-refractivity contribution in [3.63, 3.8) is 0 Å². The molecule has 1 aromatic carbocycles. The number of hydrogen-bond donors (Lipinski definition) is 3. The zero-order chi connectivity index (χ0) is 15.2. The third-order valence-corrected chi connectivity index (χ3v) is 4.45. The molecule has 0 spiro atoms. The number of urea groups is 1. The molecule has 0 fully saturated rings. The van der Waals surface area contributed by atoms with Crippen LogP contribution in [0.2, 0.25) is 0 Å². The van der Waals surface area contributed by atoms with Crippen molar-refractivity contribution < 1.29 is 9.90 Å². The Kier molecular flexibility index (Phi) is 5.62. The SMILES string of the molecule is CCC(C)C(O)CNC(=O)NC1CCCc2ccccc21. The van der Waals surface area contributed by atoms with Gasteiger partial charge in [-0.3, -0.25) is 0 Å². The largest absolute Gasteiger partial charge is 0.391 e. The first-order chi connectivity index (χ1) is 10.1. The van der Waals surface area contributed by atoms with Crippen molar-refractivity contribution in [3.05, 3.63) is 35.4 Å². The molecule has 4 heteroatoms. The zero-order valence-electron chi connectivity index (χ0n) is 12.9. The molecular formula is C17H26N2O2. The number of amides is 2. The molecule has 0 aromatic heterocycles. The molecule has 116 valence electrons. The van der Waals surface area contributed by atoms with Gasteiger partial charge in [-0.1, -0.05) is 44.5 Å². The van der Waals surface area contributed by atoms with Gasteiger partial charge in [0.2, 0.25) is 0 Å². The molecule has 4 nitrogen and oxygen atoms in total. The third-order valence-electron chi connectivity index (χ3n) is 4.45. The minimum atomic E-state index is -0.487. The summed E-state index contributed by atoms with van der Waals surface area (Å²) < 4.78 is 0. The van der Waals surface area contributed by atoms with Gasteiger partial charge in [0.25, 0.3) is 0 Å². The van der Waals surface area contributed by atoms with Gasteiger partial charge in [-0.05, 0) is 36.3 Å². The summed E-state index contributed by atoms with van der Waals surface area (Å²) in [4.78, 5) is 12.0. The monoisotopic (exact) mass is 290 g/mol. The number of aliphatic hydroxyl groups is 1. The number of aliphatic hydroxyl groups excluding tert-OH is 1. The fraction of sp³-hybridized carbons (Fsp3) is 0.588. The Balaban J connectivity index is 1.86. The van der Waals surface area contributed by atoms with E-state index in [0.29, 0.717) is 6.54 Å². The molecule has 0 aliphatic heterocycles. The molecule has 2 amide bonds. The van der Waals surface area contributed by atoms with Crippen molar-refractivity contribution in [2.75, 3.05) is 6.54 Å². The average molecular weight is 290 g/mol. The summed E-state index contributed by atoms with van der Waals surface area (Å²) in [6.07, 6.45) is 3.57. The van der Waals surface area contributed by atoms with E-state index in [1.165, 1.54) is 11.1 Å². The van der Waals surface area contributed by atoms with Crippen LogP contribution >= 0.6 is 0 Å². The van der Waals surface area contributed by atoms with Crippen LogP contribution in [0.3, 0.4) is 0 Å². The standard InChI is InChI=1S/C17H26N2O2/c1-3-12(2)16(20)11-18-17(21)19-15-10-6-8-13-7-4-5-9-14(13)15/h4-5,7,9,12,15-16,20H,3,6,8,10-11H2,1-2H3,(H2,18,19,21). The zero-order valence-corrected chi connectivity index (χ0v) is 12.9. The van der Waals surface area contributed by atoms with E-state index in [1.54, 1.807) is 0 Å². The molecule has 0 heterocycles. The predicted octanol–water partition coefficient (Wildman–Crippen LogP) is 2.77. The summed E-state index contributed by atoms with van der Waals surface area (Å²) in [7, 11) is 0. The van der Waals surface area contributed by atoms with Crippen LogP contribution in [-0.4, -0.2) is 23.8 Å². The van der Waals surface area contributed by atoms with Gasteiger partial charge >= 0.3 is 6.03 Å². The highest BCUT2D eigenvalue weighted by molar-refractivity contribution is 5.74. The smallest absolute Gasteiger partial charge is 0.315 e. The van der Waals surface area contributed by atoms with Gasteiger partial charge in [-0.15, -0.1) is 0 Å². The Bertz CT molecular complexity index is 476. The lowest BCUT2D eigenvalue weighted by molar-refractivity contribution is 0.114. The molecule has 0 saturated carbocycles. The minimum absolute atomic E-state index is 0.0793. The van der Waals surface area contributed by atoms with Crippen molar-refractivity contribution >= 4 is 6.03 Å². The van der Waals surface area contributed by atoms with E-state index in [4.69, 9.17) is 0 Å². The van der Waals surface area contributed by atoms with Crippen LogP contribution in [0.4, 0.5) is 4.79 Å². The van der Waals surface area contributed by atoms with Crippen LogP contribution < -0.4 is 10.6 Å². The van der Waals surface area contributed by atoms with E-state index in [-0.39, 0.29) is 18.0 Å². The number of fused-ring (bicyclic) bond motifs is 1. The predicted molar refractivity (Wildman–Crippen MR) is 84.1 cm³/mol. The Labute approximate surface area is 126 Å². The molecule has 2 rings (SSSR count). The quantitative estimate of drug-likeness (QED) is 0.781. The highest BCUT2D eigenvalue weighted by atomic mass is 16.3. The lowest BCUT2D eigenvalue weighted by Crippen LogP contribution is -2.43. The second-order valence-electron chi connectivity index (χ2n) is 5.95. The maximum Gasteiger partial charge on any atom is 0.315 e. The van der Waals surface area contributed by atoms with Gasteiger partial charge in [0, 0.05) is 6.54 Å². The first kappa shape index (κ1) is 15.8. The molecule has 3 unspecified atom stereocenters. The Morgan fingerprint density at radius 1 is 1.43 bits per heavy atom. The van der Waals surface area contributed by atoms with Gasteiger partial charge in [0.15, 0.2) is 0 Å². The summed E-state index contributed by atoms with van der Waals surface area (Å²) in [6, 6.07) is 8.17.